The Labute approximate surface area is 335 Å². The summed E-state index contributed by atoms with van der Waals surface area (Å²) in [4.78, 5) is 5.76. The number of rotatable bonds is 2. The molecule has 0 aliphatic rings. The summed E-state index contributed by atoms with van der Waals surface area (Å²) < 4.78 is 7.36. The van der Waals surface area contributed by atoms with E-state index in [0.717, 1.165) is 22.4 Å². The van der Waals surface area contributed by atoms with Gasteiger partial charge in [-0.05, 0) is 75.6 Å². The summed E-state index contributed by atoms with van der Waals surface area (Å²) in [5, 5.41) is 16.2. The van der Waals surface area contributed by atoms with Gasteiger partial charge in [-0.3, -0.25) is 4.40 Å². The molecule has 0 aliphatic heterocycles. The lowest BCUT2D eigenvalue weighted by Crippen LogP contribution is -1.93. The molecule has 0 aliphatic carbocycles. The molecule has 0 bridgehead atoms. The molecule has 6 aromatic heterocycles. The minimum atomic E-state index is 1.00. The monoisotopic (exact) mass is 746 g/mol. The summed E-state index contributed by atoms with van der Waals surface area (Å²) in [6.45, 7) is 0. The van der Waals surface area contributed by atoms with Crippen LogP contribution in [-0.2, 0) is 0 Å². The van der Waals surface area contributed by atoms with Gasteiger partial charge in [0, 0.05) is 59.7 Å². The standard InChI is InChI=1S/C55H30N4/c1-2-14-34(15-3-1)57-45-23-9-8-18-37(45)42-29-33(25-26-46(42)57)49-36-17-7-5-13-32(36)28-43-38-19-10-20-39-44-30-48-51(56-55(44)59(52(38)39)54(43)49)41-22-11-21-40-50-35-16-6-4-12-31(35)24-27-47(50)58(48)53(40)41/h1-30H. The number of benzene rings is 9. The van der Waals surface area contributed by atoms with E-state index in [0.29, 0.717) is 0 Å². The normalized spacial score (nSPS) is 12.7. The molecule has 4 nitrogen and oxygen atoms in total. The topological polar surface area (TPSA) is 26.6 Å². The average Bonchev–Trinajstić information content (AvgIpc) is 4.08. The lowest BCUT2D eigenvalue weighted by molar-refractivity contribution is 1.18. The Balaban J connectivity index is 1.10. The molecule has 0 radical (unpaired) electrons. The maximum Gasteiger partial charge on any atom is 0.146 e. The van der Waals surface area contributed by atoms with Crippen LogP contribution in [0, 0.1) is 0 Å². The molecule has 0 atom stereocenters. The van der Waals surface area contributed by atoms with Crippen molar-refractivity contribution in [2.75, 3.05) is 0 Å². The Morgan fingerprint density at radius 2 is 1.00 bits per heavy atom. The van der Waals surface area contributed by atoms with E-state index in [9.17, 15) is 0 Å². The molecule has 270 valence electrons. The van der Waals surface area contributed by atoms with Gasteiger partial charge in [0.1, 0.15) is 5.65 Å². The van der Waals surface area contributed by atoms with Crippen molar-refractivity contribution >= 4 is 120 Å². The molecular weight excluding hydrogens is 717 g/mol. The number of hydrogen-bond donors (Lipinski definition) is 0. The van der Waals surface area contributed by atoms with Gasteiger partial charge in [0.15, 0.2) is 0 Å². The van der Waals surface area contributed by atoms with Gasteiger partial charge in [0.05, 0.1) is 44.1 Å². The minimum absolute atomic E-state index is 1.00. The van der Waals surface area contributed by atoms with Crippen molar-refractivity contribution < 1.29 is 0 Å². The Bertz CT molecular complexity index is 4300. The molecule has 0 unspecified atom stereocenters. The van der Waals surface area contributed by atoms with E-state index in [-0.39, 0.29) is 0 Å². The van der Waals surface area contributed by atoms with Crippen molar-refractivity contribution in [3.05, 3.63) is 182 Å². The highest BCUT2D eigenvalue weighted by Gasteiger charge is 2.26. The predicted molar refractivity (Wildman–Crippen MR) is 248 cm³/mol. The first kappa shape index (κ1) is 30.2. The third-order valence-electron chi connectivity index (χ3n) is 13.4. The Morgan fingerprint density at radius 3 is 1.88 bits per heavy atom. The van der Waals surface area contributed by atoms with Gasteiger partial charge in [0.2, 0.25) is 0 Å². The molecule has 0 amide bonds. The van der Waals surface area contributed by atoms with Crippen LogP contribution in [0.25, 0.3) is 137 Å². The molecule has 0 saturated carbocycles. The fourth-order valence-corrected chi connectivity index (χ4v) is 11.1. The highest BCUT2D eigenvalue weighted by atomic mass is 15.0. The number of aromatic nitrogens is 4. The fraction of sp³-hybridized carbons (Fsp3) is 0. The average molecular weight is 747 g/mol. The smallest absolute Gasteiger partial charge is 0.146 e. The zero-order valence-electron chi connectivity index (χ0n) is 31.6. The summed E-state index contributed by atoms with van der Waals surface area (Å²) in [5.41, 5.74) is 14.1. The maximum atomic E-state index is 5.76. The van der Waals surface area contributed by atoms with Crippen molar-refractivity contribution in [1.29, 1.82) is 0 Å². The van der Waals surface area contributed by atoms with Crippen molar-refractivity contribution in [2.24, 2.45) is 0 Å². The van der Waals surface area contributed by atoms with Gasteiger partial charge in [-0.1, -0.05) is 133 Å². The van der Waals surface area contributed by atoms with Gasteiger partial charge in [-0.25, -0.2) is 4.98 Å². The van der Waals surface area contributed by atoms with Crippen LogP contribution in [0.1, 0.15) is 0 Å². The lowest BCUT2D eigenvalue weighted by Gasteiger charge is -2.12. The third-order valence-corrected chi connectivity index (χ3v) is 13.4. The van der Waals surface area contributed by atoms with Crippen LogP contribution >= 0.6 is 0 Å². The predicted octanol–water partition coefficient (Wildman–Crippen LogP) is 14.5. The second-order valence-corrected chi connectivity index (χ2v) is 16.3. The number of pyridine rings is 1. The zero-order valence-corrected chi connectivity index (χ0v) is 31.6. The van der Waals surface area contributed by atoms with E-state index in [1.807, 2.05) is 0 Å². The summed E-state index contributed by atoms with van der Waals surface area (Å²) >= 11 is 0. The first-order valence-electron chi connectivity index (χ1n) is 20.4. The first-order valence-corrected chi connectivity index (χ1v) is 20.4. The van der Waals surface area contributed by atoms with E-state index in [1.165, 1.54) is 114 Å². The number of fused-ring (bicyclic) bond motifs is 18. The van der Waals surface area contributed by atoms with Crippen molar-refractivity contribution in [3.8, 4) is 16.8 Å². The van der Waals surface area contributed by atoms with Crippen LogP contribution in [0.15, 0.2) is 182 Å². The lowest BCUT2D eigenvalue weighted by atomic mass is 9.93. The molecule has 4 heteroatoms. The van der Waals surface area contributed by atoms with Crippen LogP contribution in [0.2, 0.25) is 0 Å². The third kappa shape index (κ3) is 3.60. The SMILES string of the molecule is c1ccc(-n2c3ccccc3c3cc(-c4c5ccccc5cc5c6cccc7c8cc9c(nc8n(c45)c76)c4cccc5c6c7ccccc7ccc6n9c45)ccc32)cc1. The van der Waals surface area contributed by atoms with E-state index in [2.05, 4.69) is 195 Å². The van der Waals surface area contributed by atoms with Gasteiger partial charge < -0.3 is 8.97 Å². The molecule has 15 rings (SSSR count). The Kier molecular flexibility index (Phi) is 5.38. The number of para-hydroxylation sites is 4. The van der Waals surface area contributed by atoms with E-state index < -0.39 is 0 Å². The van der Waals surface area contributed by atoms with Gasteiger partial charge in [-0.15, -0.1) is 0 Å². The second kappa shape index (κ2) is 10.5. The maximum absolute atomic E-state index is 5.76. The second-order valence-electron chi connectivity index (χ2n) is 16.3. The van der Waals surface area contributed by atoms with Gasteiger partial charge >= 0.3 is 0 Å². The molecule has 0 spiro atoms. The van der Waals surface area contributed by atoms with Crippen molar-refractivity contribution in [2.45, 2.75) is 0 Å². The summed E-state index contributed by atoms with van der Waals surface area (Å²) in [6.07, 6.45) is 0. The molecule has 0 fully saturated rings. The molecular formula is C55H30N4. The van der Waals surface area contributed by atoms with Crippen LogP contribution in [0.3, 0.4) is 0 Å². The van der Waals surface area contributed by atoms with E-state index >= 15 is 0 Å². The molecule has 59 heavy (non-hydrogen) atoms. The first-order chi connectivity index (χ1) is 29.3. The van der Waals surface area contributed by atoms with Crippen LogP contribution in [0.4, 0.5) is 0 Å². The number of hydrogen-bond acceptors (Lipinski definition) is 1. The molecule has 15 aromatic rings. The van der Waals surface area contributed by atoms with E-state index in [1.54, 1.807) is 0 Å². The van der Waals surface area contributed by atoms with Crippen LogP contribution < -0.4 is 0 Å². The quantitative estimate of drug-likeness (QED) is 0.173. The Morgan fingerprint density at radius 1 is 0.339 bits per heavy atom. The van der Waals surface area contributed by atoms with Crippen molar-refractivity contribution in [1.82, 2.24) is 18.4 Å². The fourth-order valence-electron chi connectivity index (χ4n) is 11.1. The molecule has 0 N–H and O–H groups in total. The highest BCUT2D eigenvalue weighted by molar-refractivity contribution is 6.32. The summed E-state index contributed by atoms with van der Waals surface area (Å²) in [6, 6.07) is 67.2. The summed E-state index contributed by atoms with van der Waals surface area (Å²) in [7, 11) is 0. The van der Waals surface area contributed by atoms with Crippen LogP contribution in [0.5, 0.6) is 0 Å². The Hall–Kier alpha value is -7.95. The minimum Gasteiger partial charge on any atom is -0.309 e. The van der Waals surface area contributed by atoms with E-state index in [4.69, 9.17) is 4.98 Å². The van der Waals surface area contributed by atoms with Crippen molar-refractivity contribution in [3.63, 3.8) is 0 Å². The molecule has 9 aromatic carbocycles. The number of nitrogens with zero attached hydrogens (tertiary/aromatic N) is 4. The molecule has 6 heterocycles. The van der Waals surface area contributed by atoms with Gasteiger partial charge in [0.25, 0.3) is 0 Å². The molecule has 0 saturated heterocycles. The zero-order chi connectivity index (χ0) is 38.1. The van der Waals surface area contributed by atoms with Crippen LogP contribution in [-0.4, -0.2) is 18.4 Å². The summed E-state index contributed by atoms with van der Waals surface area (Å²) in [5.74, 6) is 0. The highest BCUT2D eigenvalue weighted by Crippen LogP contribution is 2.48. The largest absolute Gasteiger partial charge is 0.309 e. The van der Waals surface area contributed by atoms with Gasteiger partial charge in [-0.2, -0.15) is 0 Å².